The molecule has 0 radical (unpaired) electrons. The van der Waals surface area contributed by atoms with Crippen molar-refractivity contribution in [3.8, 4) is 0 Å². The zero-order valence-electron chi connectivity index (χ0n) is 12.4. The van der Waals surface area contributed by atoms with E-state index in [1.165, 1.54) is 17.1 Å². The molecule has 1 aliphatic carbocycles. The van der Waals surface area contributed by atoms with Crippen molar-refractivity contribution in [2.75, 3.05) is 32.8 Å². The lowest BCUT2D eigenvalue weighted by Crippen LogP contribution is -2.52. The van der Waals surface area contributed by atoms with Crippen molar-refractivity contribution >= 4 is 10.2 Å². The Morgan fingerprint density at radius 3 is 2.50 bits per heavy atom. The van der Waals surface area contributed by atoms with E-state index in [-0.39, 0.29) is 12.2 Å². The summed E-state index contributed by atoms with van der Waals surface area (Å²) in [5.41, 5.74) is 0. The van der Waals surface area contributed by atoms with E-state index in [0.29, 0.717) is 32.7 Å². The second kappa shape index (κ2) is 7.17. The zero-order chi connectivity index (χ0) is 14.6. The molecule has 2 fully saturated rings. The first-order valence-corrected chi connectivity index (χ1v) is 8.89. The highest BCUT2D eigenvalue weighted by Gasteiger charge is 2.30. The maximum Gasteiger partial charge on any atom is 0.279 e. The van der Waals surface area contributed by atoms with E-state index in [1.54, 1.807) is 0 Å². The van der Waals surface area contributed by atoms with Gasteiger partial charge in [-0.2, -0.15) is 12.7 Å². The Hall–Kier alpha value is -0.210. The molecule has 1 saturated heterocycles. The molecule has 0 aromatic carbocycles. The van der Waals surface area contributed by atoms with Crippen molar-refractivity contribution in [2.45, 2.75) is 45.3 Å². The van der Waals surface area contributed by atoms with Crippen molar-refractivity contribution < 1.29 is 17.9 Å². The minimum atomic E-state index is -3.39. The van der Waals surface area contributed by atoms with E-state index < -0.39 is 10.2 Å². The van der Waals surface area contributed by atoms with Crippen LogP contribution in [0.1, 0.15) is 33.1 Å². The summed E-state index contributed by atoms with van der Waals surface area (Å²) in [5.74, 6) is 0.753. The van der Waals surface area contributed by atoms with Gasteiger partial charge in [0.25, 0.3) is 10.2 Å². The number of ether oxygens (including phenoxy) is 2. The van der Waals surface area contributed by atoms with Crippen LogP contribution < -0.4 is 4.72 Å². The summed E-state index contributed by atoms with van der Waals surface area (Å²) in [6, 6.07) is 0. The highest BCUT2D eigenvalue weighted by atomic mass is 32.2. The number of nitrogens with zero attached hydrogens (tertiary/aromatic N) is 1. The minimum absolute atomic E-state index is 0.0581. The lowest BCUT2D eigenvalue weighted by molar-refractivity contribution is -0.0444. The van der Waals surface area contributed by atoms with Gasteiger partial charge in [0.2, 0.25) is 0 Å². The first-order chi connectivity index (χ1) is 9.47. The molecule has 1 N–H and O–H groups in total. The molecule has 118 valence electrons. The molecule has 7 heteroatoms. The van der Waals surface area contributed by atoms with Crippen LogP contribution in [0.4, 0.5) is 0 Å². The van der Waals surface area contributed by atoms with E-state index in [1.807, 2.05) is 13.8 Å². The molecule has 0 bridgehead atoms. The Morgan fingerprint density at radius 2 is 1.90 bits per heavy atom. The predicted molar refractivity (Wildman–Crippen MR) is 76.7 cm³/mol. The van der Waals surface area contributed by atoms with Gasteiger partial charge in [0.1, 0.15) is 0 Å². The molecule has 2 rings (SSSR count). The van der Waals surface area contributed by atoms with Gasteiger partial charge in [0.05, 0.1) is 12.2 Å². The third-order valence-corrected chi connectivity index (χ3v) is 5.07. The number of hydrogen-bond acceptors (Lipinski definition) is 4. The third-order valence-electron chi connectivity index (χ3n) is 3.53. The Labute approximate surface area is 122 Å². The summed E-state index contributed by atoms with van der Waals surface area (Å²) in [4.78, 5) is 0. The molecule has 1 aliphatic heterocycles. The predicted octanol–water partition coefficient (Wildman–Crippen LogP) is 0.747. The van der Waals surface area contributed by atoms with E-state index in [0.717, 1.165) is 12.5 Å². The lowest BCUT2D eigenvalue weighted by atomic mass is 10.3. The molecule has 2 unspecified atom stereocenters. The normalized spacial score (nSPS) is 28.7. The SMILES string of the molecule is CC1CN(S(=O)(=O)NCCCOCC2CC2)CC(C)O1. The second-order valence-electron chi connectivity index (χ2n) is 5.85. The quantitative estimate of drug-likeness (QED) is 0.672. The van der Waals surface area contributed by atoms with Crippen LogP contribution in [0.25, 0.3) is 0 Å². The molecular formula is C13H26N2O4S. The molecule has 0 spiro atoms. The van der Waals surface area contributed by atoms with Crippen molar-refractivity contribution in [2.24, 2.45) is 5.92 Å². The Morgan fingerprint density at radius 1 is 1.25 bits per heavy atom. The molecule has 1 heterocycles. The van der Waals surface area contributed by atoms with E-state index in [4.69, 9.17) is 9.47 Å². The summed E-state index contributed by atoms with van der Waals surface area (Å²) in [6.45, 7) is 6.48. The van der Waals surface area contributed by atoms with Gasteiger partial charge in [-0.1, -0.05) is 0 Å². The molecule has 6 nitrogen and oxygen atoms in total. The minimum Gasteiger partial charge on any atom is -0.381 e. The van der Waals surface area contributed by atoms with E-state index in [9.17, 15) is 8.42 Å². The van der Waals surface area contributed by atoms with Gasteiger partial charge in [0.15, 0.2) is 0 Å². The van der Waals surface area contributed by atoms with Crippen molar-refractivity contribution in [1.29, 1.82) is 0 Å². The molecule has 0 amide bonds. The molecule has 0 aromatic heterocycles. The van der Waals surface area contributed by atoms with Gasteiger partial charge in [-0.3, -0.25) is 0 Å². The lowest BCUT2D eigenvalue weighted by Gasteiger charge is -2.34. The van der Waals surface area contributed by atoms with Crippen LogP contribution >= 0.6 is 0 Å². The largest absolute Gasteiger partial charge is 0.381 e. The van der Waals surface area contributed by atoms with Crippen molar-refractivity contribution in [3.63, 3.8) is 0 Å². The maximum absolute atomic E-state index is 12.1. The fourth-order valence-corrected chi connectivity index (χ4v) is 3.73. The van der Waals surface area contributed by atoms with Crippen LogP contribution in [0, 0.1) is 5.92 Å². The fourth-order valence-electron chi connectivity index (χ4n) is 2.33. The number of nitrogens with one attached hydrogen (secondary N) is 1. The summed E-state index contributed by atoms with van der Waals surface area (Å²) >= 11 is 0. The monoisotopic (exact) mass is 306 g/mol. The molecule has 1 saturated carbocycles. The molecule has 2 aliphatic rings. The third kappa shape index (κ3) is 5.29. The first-order valence-electron chi connectivity index (χ1n) is 7.45. The fraction of sp³-hybridized carbons (Fsp3) is 1.00. The van der Waals surface area contributed by atoms with Crippen molar-refractivity contribution in [1.82, 2.24) is 9.03 Å². The molecule has 20 heavy (non-hydrogen) atoms. The van der Waals surface area contributed by atoms with Gasteiger partial charge in [-0.15, -0.1) is 0 Å². The highest BCUT2D eigenvalue weighted by Crippen LogP contribution is 2.28. The highest BCUT2D eigenvalue weighted by molar-refractivity contribution is 7.87. The smallest absolute Gasteiger partial charge is 0.279 e. The maximum atomic E-state index is 12.1. The van der Waals surface area contributed by atoms with Crippen LogP contribution in [0.3, 0.4) is 0 Å². The molecular weight excluding hydrogens is 280 g/mol. The Balaban J connectivity index is 1.64. The number of hydrogen-bond donors (Lipinski definition) is 1. The van der Waals surface area contributed by atoms with Gasteiger partial charge in [-0.05, 0) is 39.0 Å². The van der Waals surface area contributed by atoms with Crippen LogP contribution in [0.5, 0.6) is 0 Å². The van der Waals surface area contributed by atoms with Crippen LogP contribution in [0.2, 0.25) is 0 Å². The summed E-state index contributed by atoms with van der Waals surface area (Å²) in [7, 11) is -3.39. The average Bonchev–Trinajstić information content (AvgIpc) is 3.16. The second-order valence-corrected chi connectivity index (χ2v) is 7.60. The number of morpholine rings is 1. The molecule has 0 aromatic rings. The van der Waals surface area contributed by atoms with Gasteiger partial charge in [0, 0.05) is 32.8 Å². The zero-order valence-corrected chi connectivity index (χ0v) is 13.2. The van der Waals surface area contributed by atoms with E-state index in [2.05, 4.69) is 4.72 Å². The number of rotatable bonds is 8. The van der Waals surface area contributed by atoms with Crippen LogP contribution in [0.15, 0.2) is 0 Å². The first kappa shape index (κ1) is 16.2. The van der Waals surface area contributed by atoms with Gasteiger partial charge >= 0.3 is 0 Å². The standard InChI is InChI=1S/C13H26N2O4S/c1-11-8-15(9-12(2)19-11)20(16,17)14-6-3-7-18-10-13-4-5-13/h11-14H,3-10H2,1-2H3. The molecule has 2 atom stereocenters. The van der Waals surface area contributed by atoms with Crippen molar-refractivity contribution in [3.05, 3.63) is 0 Å². The Bertz CT molecular complexity index is 387. The average molecular weight is 306 g/mol. The van der Waals surface area contributed by atoms with Gasteiger partial charge in [-0.25, -0.2) is 4.72 Å². The van der Waals surface area contributed by atoms with Crippen LogP contribution in [-0.2, 0) is 19.7 Å². The Kier molecular flexibility index (Phi) is 5.80. The summed E-state index contributed by atoms with van der Waals surface area (Å²) in [6.07, 6.45) is 3.15. The summed E-state index contributed by atoms with van der Waals surface area (Å²) < 4.78 is 39.4. The van der Waals surface area contributed by atoms with Crippen LogP contribution in [-0.4, -0.2) is 57.8 Å². The van der Waals surface area contributed by atoms with E-state index >= 15 is 0 Å². The topological polar surface area (TPSA) is 67.9 Å². The summed E-state index contributed by atoms with van der Waals surface area (Å²) in [5, 5.41) is 0. The van der Waals surface area contributed by atoms with Gasteiger partial charge < -0.3 is 9.47 Å².